The van der Waals surface area contributed by atoms with E-state index in [4.69, 9.17) is 0 Å². The van der Waals surface area contributed by atoms with Gasteiger partial charge in [-0.05, 0) is 25.5 Å². The maximum Gasteiger partial charge on any atom is 0.0998 e. The van der Waals surface area contributed by atoms with Crippen molar-refractivity contribution in [3.05, 3.63) is 42.0 Å². The van der Waals surface area contributed by atoms with Gasteiger partial charge in [-0.1, -0.05) is 24.3 Å². The summed E-state index contributed by atoms with van der Waals surface area (Å²) in [5.41, 5.74) is 1.89. The summed E-state index contributed by atoms with van der Waals surface area (Å²) in [5.74, 6) is 0.347. The minimum atomic E-state index is 0.245. The molecule has 0 bridgehead atoms. The molecule has 0 saturated carbocycles. The third kappa shape index (κ3) is 2.03. The molecule has 1 aliphatic heterocycles. The van der Waals surface area contributed by atoms with Crippen molar-refractivity contribution in [3.8, 4) is 6.07 Å². The highest BCUT2D eigenvalue weighted by Gasteiger charge is 2.29. The van der Waals surface area contributed by atoms with Crippen molar-refractivity contribution in [3.63, 3.8) is 0 Å². The number of hydrogen-bond acceptors (Lipinski definition) is 3. The van der Waals surface area contributed by atoms with Crippen LogP contribution in [0.15, 0.2) is 36.4 Å². The minimum absolute atomic E-state index is 0.245. The van der Waals surface area contributed by atoms with Crippen LogP contribution in [0.25, 0.3) is 10.8 Å². The number of benzene rings is 2. The van der Waals surface area contributed by atoms with Gasteiger partial charge in [0.15, 0.2) is 0 Å². The lowest BCUT2D eigenvalue weighted by Gasteiger charge is -2.25. The number of aliphatic hydroxyl groups excluding tert-OH is 1. The van der Waals surface area contributed by atoms with Crippen molar-refractivity contribution in [1.29, 1.82) is 5.26 Å². The Morgan fingerprint density at radius 3 is 2.65 bits per heavy atom. The molecule has 0 radical (unpaired) electrons. The minimum Gasteiger partial charge on any atom is -0.396 e. The van der Waals surface area contributed by atoms with Crippen LogP contribution in [0.3, 0.4) is 0 Å². The van der Waals surface area contributed by atoms with Crippen LogP contribution in [0, 0.1) is 17.2 Å². The van der Waals surface area contributed by atoms with Gasteiger partial charge in [0.1, 0.15) is 0 Å². The highest BCUT2D eigenvalue weighted by atomic mass is 16.3. The van der Waals surface area contributed by atoms with E-state index in [1.54, 1.807) is 0 Å². The molecule has 1 saturated heterocycles. The SMILES string of the molecule is C[C@@H]1C[C@@H](CO)CN1c1ccc(C#N)c2ccccc12. The molecule has 1 fully saturated rings. The van der Waals surface area contributed by atoms with Crippen LogP contribution in [0.2, 0.25) is 0 Å². The summed E-state index contributed by atoms with van der Waals surface area (Å²) in [6.07, 6.45) is 1.02. The van der Waals surface area contributed by atoms with Crippen LogP contribution in [0.5, 0.6) is 0 Å². The zero-order valence-corrected chi connectivity index (χ0v) is 11.6. The second-order valence-electron chi connectivity index (χ2n) is 5.58. The van der Waals surface area contributed by atoms with Crippen molar-refractivity contribution >= 4 is 16.5 Å². The number of nitrogens with zero attached hydrogens (tertiary/aromatic N) is 2. The number of hydrogen-bond donors (Lipinski definition) is 1. The van der Waals surface area contributed by atoms with E-state index in [9.17, 15) is 10.4 Å². The molecular weight excluding hydrogens is 248 g/mol. The predicted molar refractivity (Wildman–Crippen MR) is 80.7 cm³/mol. The number of anilines is 1. The lowest BCUT2D eigenvalue weighted by Crippen LogP contribution is -2.27. The van der Waals surface area contributed by atoms with Gasteiger partial charge in [0.2, 0.25) is 0 Å². The van der Waals surface area contributed by atoms with Crippen LogP contribution in [0.4, 0.5) is 5.69 Å². The van der Waals surface area contributed by atoms with E-state index in [2.05, 4.69) is 24.0 Å². The molecule has 0 unspecified atom stereocenters. The van der Waals surface area contributed by atoms with Gasteiger partial charge in [0, 0.05) is 41.6 Å². The Balaban J connectivity index is 2.12. The summed E-state index contributed by atoms with van der Waals surface area (Å²) < 4.78 is 0. The van der Waals surface area contributed by atoms with Crippen LogP contribution < -0.4 is 4.90 Å². The number of aliphatic hydroxyl groups is 1. The molecule has 0 aromatic heterocycles. The molecule has 1 N–H and O–H groups in total. The van der Waals surface area contributed by atoms with Crippen LogP contribution in [-0.4, -0.2) is 24.3 Å². The Morgan fingerprint density at radius 2 is 2.00 bits per heavy atom. The van der Waals surface area contributed by atoms with Gasteiger partial charge < -0.3 is 10.0 Å². The zero-order chi connectivity index (χ0) is 14.1. The molecule has 1 aliphatic rings. The van der Waals surface area contributed by atoms with Crippen LogP contribution in [-0.2, 0) is 0 Å². The summed E-state index contributed by atoms with van der Waals surface area (Å²) in [6.45, 7) is 3.32. The second kappa shape index (κ2) is 5.15. The maximum absolute atomic E-state index is 9.37. The molecule has 2 atom stereocenters. The molecular formula is C17H18N2O. The predicted octanol–water partition coefficient (Wildman–Crippen LogP) is 2.92. The summed E-state index contributed by atoms with van der Waals surface area (Å²) in [6, 6.07) is 14.7. The third-order valence-corrected chi connectivity index (χ3v) is 4.25. The monoisotopic (exact) mass is 266 g/mol. The second-order valence-corrected chi connectivity index (χ2v) is 5.58. The van der Waals surface area contributed by atoms with Crippen LogP contribution >= 0.6 is 0 Å². The summed E-state index contributed by atoms with van der Waals surface area (Å²) in [7, 11) is 0. The van der Waals surface area contributed by atoms with Crippen molar-refractivity contribution in [2.75, 3.05) is 18.1 Å². The fourth-order valence-electron chi connectivity index (χ4n) is 3.24. The zero-order valence-electron chi connectivity index (χ0n) is 11.6. The molecule has 2 aromatic carbocycles. The van der Waals surface area contributed by atoms with Crippen molar-refractivity contribution in [2.24, 2.45) is 5.92 Å². The normalized spacial score (nSPS) is 22.1. The lowest BCUT2D eigenvalue weighted by molar-refractivity contribution is 0.236. The summed E-state index contributed by atoms with van der Waals surface area (Å²) >= 11 is 0. The Morgan fingerprint density at radius 1 is 1.25 bits per heavy atom. The highest BCUT2D eigenvalue weighted by Crippen LogP contribution is 2.35. The van der Waals surface area contributed by atoms with Crippen molar-refractivity contribution < 1.29 is 5.11 Å². The molecule has 0 aliphatic carbocycles. The van der Waals surface area contributed by atoms with E-state index in [1.807, 2.05) is 30.3 Å². The highest BCUT2D eigenvalue weighted by molar-refractivity contribution is 5.98. The van der Waals surface area contributed by atoms with E-state index >= 15 is 0 Å². The van der Waals surface area contributed by atoms with Gasteiger partial charge in [-0.15, -0.1) is 0 Å². The lowest BCUT2D eigenvalue weighted by atomic mass is 10.0. The summed E-state index contributed by atoms with van der Waals surface area (Å²) in [5, 5.41) is 20.7. The Bertz CT molecular complexity index is 674. The Labute approximate surface area is 119 Å². The van der Waals surface area contributed by atoms with E-state index in [1.165, 1.54) is 5.69 Å². The van der Waals surface area contributed by atoms with E-state index in [-0.39, 0.29) is 6.61 Å². The Kier molecular flexibility index (Phi) is 3.33. The van der Waals surface area contributed by atoms with E-state index in [0.29, 0.717) is 12.0 Å². The van der Waals surface area contributed by atoms with E-state index < -0.39 is 0 Å². The van der Waals surface area contributed by atoms with Gasteiger partial charge in [-0.2, -0.15) is 5.26 Å². The fourth-order valence-corrected chi connectivity index (χ4v) is 3.24. The molecule has 1 heterocycles. The first-order chi connectivity index (χ1) is 9.74. The maximum atomic E-state index is 9.37. The molecule has 3 heteroatoms. The summed E-state index contributed by atoms with van der Waals surface area (Å²) in [4.78, 5) is 2.35. The van der Waals surface area contributed by atoms with Gasteiger partial charge in [-0.3, -0.25) is 0 Å². The average Bonchev–Trinajstić information content (AvgIpc) is 2.87. The molecule has 20 heavy (non-hydrogen) atoms. The molecule has 3 nitrogen and oxygen atoms in total. The van der Waals surface area contributed by atoms with Gasteiger partial charge in [-0.25, -0.2) is 0 Å². The first-order valence-electron chi connectivity index (χ1n) is 7.04. The first-order valence-corrected chi connectivity index (χ1v) is 7.04. The quantitative estimate of drug-likeness (QED) is 0.909. The molecule has 3 rings (SSSR count). The molecule has 2 aromatic rings. The largest absolute Gasteiger partial charge is 0.396 e. The van der Waals surface area contributed by atoms with E-state index in [0.717, 1.165) is 29.3 Å². The third-order valence-electron chi connectivity index (χ3n) is 4.25. The molecule has 0 amide bonds. The number of rotatable bonds is 2. The standard InChI is InChI=1S/C17H18N2O/c1-12-8-13(11-20)10-19(12)17-7-6-14(9-18)15-4-2-3-5-16(15)17/h2-7,12-13,20H,8,10-11H2,1H3/t12-,13-/m1/s1. The average molecular weight is 266 g/mol. The van der Waals surface area contributed by atoms with Crippen molar-refractivity contribution in [2.45, 2.75) is 19.4 Å². The van der Waals surface area contributed by atoms with Gasteiger partial charge >= 0.3 is 0 Å². The van der Waals surface area contributed by atoms with Gasteiger partial charge in [0.05, 0.1) is 11.6 Å². The van der Waals surface area contributed by atoms with Crippen LogP contribution in [0.1, 0.15) is 18.9 Å². The Hall–Kier alpha value is -2.05. The van der Waals surface area contributed by atoms with Crippen molar-refractivity contribution in [1.82, 2.24) is 0 Å². The van der Waals surface area contributed by atoms with Gasteiger partial charge in [0.25, 0.3) is 0 Å². The first kappa shape index (κ1) is 13.0. The topological polar surface area (TPSA) is 47.3 Å². The number of fused-ring (bicyclic) bond motifs is 1. The molecule has 0 spiro atoms. The fraction of sp³-hybridized carbons (Fsp3) is 0.353. The number of nitriles is 1. The smallest absolute Gasteiger partial charge is 0.0998 e. The molecule has 102 valence electrons.